The fraction of sp³-hybridized carbons (Fsp3) is 0.952. The van der Waals surface area contributed by atoms with E-state index in [9.17, 15) is 56.2 Å². The average Bonchev–Trinajstić information content (AvgIpc) is 3.54. The lowest BCUT2D eigenvalue weighted by atomic mass is 9.34. The van der Waals surface area contributed by atoms with Gasteiger partial charge in [0.2, 0.25) is 0 Å². The summed E-state index contributed by atoms with van der Waals surface area (Å²) >= 11 is 0. The Morgan fingerprint density at radius 3 is 1.91 bits per heavy atom. The lowest BCUT2D eigenvalue weighted by molar-refractivity contribution is -0.335. The van der Waals surface area contributed by atoms with E-state index in [2.05, 4.69) is 27.7 Å². The van der Waals surface area contributed by atoms with Crippen LogP contribution in [-0.4, -0.2) is 162 Å². The zero-order valence-corrected chi connectivity index (χ0v) is 34.6. The van der Waals surface area contributed by atoms with E-state index in [1.165, 1.54) is 0 Å². The fourth-order valence-electron chi connectivity index (χ4n) is 13.4. The van der Waals surface area contributed by atoms with Crippen LogP contribution in [0.4, 0.5) is 0 Å². The van der Waals surface area contributed by atoms with Gasteiger partial charge in [0.15, 0.2) is 12.6 Å². The first-order valence-corrected chi connectivity index (χ1v) is 21.2. The largest absolute Gasteiger partial charge is 0.396 e. The molecule has 4 saturated carbocycles. The van der Waals surface area contributed by atoms with Gasteiger partial charge in [-0.1, -0.05) is 39.3 Å². The van der Waals surface area contributed by atoms with Gasteiger partial charge in [-0.2, -0.15) is 0 Å². The third-order valence-electron chi connectivity index (χ3n) is 16.8. The van der Waals surface area contributed by atoms with Crippen molar-refractivity contribution in [3.8, 4) is 0 Å². The van der Waals surface area contributed by atoms with Crippen LogP contribution in [0, 0.1) is 45.3 Å². The van der Waals surface area contributed by atoms with Crippen molar-refractivity contribution in [3.05, 3.63) is 11.6 Å². The molecule has 0 spiro atoms. The van der Waals surface area contributed by atoms with Crippen molar-refractivity contribution >= 4 is 0 Å². The molecular formula is C42H72O15. The van der Waals surface area contributed by atoms with E-state index in [-0.39, 0.29) is 42.3 Å². The van der Waals surface area contributed by atoms with Crippen molar-refractivity contribution in [2.24, 2.45) is 45.3 Å². The van der Waals surface area contributed by atoms with Crippen molar-refractivity contribution in [1.29, 1.82) is 0 Å². The monoisotopic (exact) mass is 816 g/mol. The summed E-state index contributed by atoms with van der Waals surface area (Å²) in [6.45, 7) is 11.2. The highest BCUT2D eigenvalue weighted by Gasteiger charge is 2.74. The van der Waals surface area contributed by atoms with Gasteiger partial charge < -0.3 is 75.1 Å². The quantitative estimate of drug-likeness (QED) is 0.117. The molecule has 2 saturated heterocycles. The molecule has 0 aromatic heterocycles. The molecule has 0 aromatic rings. The Bertz CT molecular complexity index is 1410. The highest BCUT2D eigenvalue weighted by molar-refractivity contribution is 5.22. The summed E-state index contributed by atoms with van der Waals surface area (Å²) in [5.41, 5.74) is -2.17. The number of allylic oxidation sites excluding steroid dienone is 1. The van der Waals surface area contributed by atoms with Gasteiger partial charge in [0, 0.05) is 5.41 Å². The number of rotatable bonds is 12. The Balaban J connectivity index is 1.27. The minimum absolute atomic E-state index is 0.00297. The predicted octanol–water partition coefficient (Wildman–Crippen LogP) is 0.0938. The van der Waals surface area contributed by atoms with E-state index in [1.807, 2.05) is 19.9 Å². The molecule has 0 amide bonds. The second-order valence-electron chi connectivity index (χ2n) is 19.9. The van der Waals surface area contributed by atoms with Gasteiger partial charge >= 0.3 is 0 Å². The standard InChI is InChI=1S/C42H72O15/c1-21(19-54-36-34(52)32(50)30(48)24(17-43)55-36)8-7-13-41(6,57-37-35(53)33(51)31(49)25(18-44)56-37)23-11-15-40(5)22(23)9-10-26-39(4)14-12-28(46)38(2,3)27(39)16-29(47)42(26,40)20-45/h8,22-37,43-53H,7,9-20H2,1-6H3/b21-8+/t22-,23+,24-,25-,26-,27+,28+,29+,30-,31-,32+,33+,34-,35-,36-,37+,39-,40-,41+,42+/m1/s1. The van der Waals surface area contributed by atoms with Crippen molar-refractivity contribution in [2.75, 3.05) is 26.4 Å². The highest BCUT2D eigenvalue weighted by atomic mass is 16.7. The van der Waals surface area contributed by atoms with Crippen LogP contribution >= 0.6 is 0 Å². The Hall–Kier alpha value is -0.860. The summed E-state index contributed by atoms with van der Waals surface area (Å²) in [7, 11) is 0. The molecule has 2 aliphatic heterocycles. The Labute approximate surface area is 336 Å². The second-order valence-corrected chi connectivity index (χ2v) is 19.9. The van der Waals surface area contributed by atoms with Crippen LogP contribution in [0.2, 0.25) is 0 Å². The van der Waals surface area contributed by atoms with E-state index in [0.29, 0.717) is 38.5 Å². The lowest BCUT2D eigenvalue weighted by Gasteiger charge is -2.71. The summed E-state index contributed by atoms with van der Waals surface area (Å²) in [4.78, 5) is 0. The summed E-state index contributed by atoms with van der Waals surface area (Å²) in [6.07, 6.45) is -7.85. The Morgan fingerprint density at radius 1 is 0.719 bits per heavy atom. The van der Waals surface area contributed by atoms with E-state index in [1.54, 1.807) is 0 Å². The number of ether oxygens (including phenoxy) is 4. The van der Waals surface area contributed by atoms with Crippen LogP contribution in [0.3, 0.4) is 0 Å². The molecule has 0 bridgehead atoms. The first-order chi connectivity index (χ1) is 26.7. The van der Waals surface area contributed by atoms with Gasteiger partial charge in [0.05, 0.1) is 44.2 Å². The zero-order valence-electron chi connectivity index (χ0n) is 34.6. The molecule has 6 rings (SSSR count). The zero-order chi connectivity index (χ0) is 42.0. The summed E-state index contributed by atoms with van der Waals surface area (Å²) in [5, 5.41) is 118. The summed E-state index contributed by atoms with van der Waals surface area (Å²) < 4.78 is 24.0. The normalized spacial score (nSPS) is 51.1. The van der Waals surface area contributed by atoms with Crippen molar-refractivity contribution in [2.45, 2.75) is 179 Å². The number of hydrogen-bond acceptors (Lipinski definition) is 15. The van der Waals surface area contributed by atoms with E-state index >= 15 is 0 Å². The molecule has 0 unspecified atom stereocenters. The van der Waals surface area contributed by atoms with Crippen LogP contribution in [0.5, 0.6) is 0 Å². The van der Waals surface area contributed by atoms with Gasteiger partial charge in [0.25, 0.3) is 0 Å². The topological polar surface area (TPSA) is 259 Å². The summed E-state index contributed by atoms with van der Waals surface area (Å²) in [6, 6.07) is 0. The van der Waals surface area contributed by atoms with Crippen LogP contribution in [-0.2, 0) is 18.9 Å². The predicted molar refractivity (Wildman–Crippen MR) is 204 cm³/mol. The molecule has 11 N–H and O–H groups in total. The van der Waals surface area contributed by atoms with Crippen molar-refractivity contribution < 1.29 is 75.1 Å². The SMILES string of the molecule is C/C(=C\CC[C@](C)(O[C@@H]1O[C@H](CO)[C@@H](O)[C@H](O)[C@H]1O)[C@H]1CC[C@]2(C)[C@@H]1CC[C@@H]1[C@@]3(C)CC[C@H](O)C(C)(C)[C@@H]3C[C@H](O)[C@]12CO)CO[C@@H]1O[C@H](CO)[C@@H](O)[C@H](O)[C@H]1O. The fourth-order valence-corrected chi connectivity index (χ4v) is 13.4. The molecule has 6 aliphatic rings. The van der Waals surface area contributed by atoms with E-state index in [0.717, 1.165) is 24.8 Å². The molecule has 4 aliphatic carbocycles. The number of fused-ring (bicyclic) bond motifs is 5. The second kappa shape index (κ2) is 16.8. The maximum atomic E-state index is 12.4. The molecule has 6 fully saturated rings. The Morgan fingerprint density at radius 2 is 1.32 bits per heavy atom. The minimum Gasteiger partial charge on any atom is -0.396 e. The molecule has 0 aromatic carbocycles. The molecule has 0 radical (unpaired) electrons. The van der Waals surface area contributed by atoms with Crippen LogP contribution in [0.1, 0.15) is 99.3 Å². The Kier molecular flexibility index (Phi) is 13.4. The number of aliphatic hydroxyl groups excluding tert-OH is 11. The molecule has 57 heavy (non-hydrogen) atoms. The lowest BCUT2D eigenvalue weighted by Crippen LogP contribution is -2.71. The molecule has 2 heterocycles. The van der Waals surface area contributed by atoms with Gasteiger partial charge in [-0.25, -0.2) is 0 Å². The van der Waals surface area contributed by atoms with Gasteiger partial charge in [0.1, 0.15) is 48.8 Å². The third-order valence-corrected chi connectivity index (χ3v) is 16.8. The first kappa shape index (κ1) is 45.7. The van der Waals surface area contributed by atoms with Crippen molar-refractivity contribution in [3.63, 3.8) is 0 Å². The third kappa shape index (κ3) is 7.39. The minimum atomic E-state index is -1.63. The van der Waals surface area contributed by atoms with Gasteiger partial charge in [-0.3, -0.25) is 0 Å². The number of hydrogen-bond donors (Lipinski definition) is 11. The first-order valence-electron chi connectivity index (χ1n) is 21.2. The highest BCUT2D eigenvalue weighted by Crippen LogP contribution is 2.76. The van der Waals surface area contributed by atoms with Crippen LogP contribution in [0.15, 0.2) is 11.6 Å². The smallest absolute Gasteiger partial charge is 0.187 e. The van der Waals surface area contributed by atoms with Crippen LogP contribution < -0.4 is 0 Å². The van der Waals surface area contributed by atoms with Crippen molar-refractivity contribution in [1.82, 2.24) is 0 Å². The summed E-state index contributed by atoms with van der Waals surface area (Å²) in [5.74, 6) is -0.0826. The van der Waals surface area contributed by atoms with Gasteiger partial charge in [-0.05, 0) is 112 Å². The molecule has 15 heteroatoms. The molecule has 15 nitrogen and oxygen atoms in total. The molecule has 20 atom stereocenters. The van der Waals surface area contributed by atoms with E-state index in [4.69, 9.17) is 18.9 Å². The average molecular weight is 817 g/mol. The number of aliphatic hydroxyl groups is 11. The maximum Gasteiger partial charge on any atom is 0.187 e. The van der Waals surface area contributed by atoms with Gasteiger partial charge in [-0.15, -0.1) is 0 Å². The molecular weight excluding hydrogens is 744 g/mol. The van der Waals surface area contributed by atoms with Crippen LogP contribution in [0.25, 0.3) is 0 Å². The maximum absolute atomic E-state index is 12.4. The van der Waals surface area contributed by atoms with E-state index < -0.39 is 109 Å². The molecule has 330 valence electrons.